The summed E-state index contributed by atoms with van der Waals surface area (Å²) in [6.45, 7) is 7.41. The number of hydrogen-bond donors (Lipinski definition) is 0. The first-order chi connectivity index (χ1) is 21.1. The number of benzene rings is 3. The predicted molar refractivity (Wildman–Crippen MR) is 175 cm³/mol. The quantitative estimate of drug-likeness (QED) is 0.159. The molecule has 7 rings (SSSR count). The van der Waals surface area contributed by atoms with Gasteiger partial charge in [-0.2, -0.15) is 6.67 Å². The molecule has 0 N–H and O–H groups in total. The number of aromatic nitrogens is 2. The minimum Gasteiger partial charge on any atom is -0.498 e. The maximum Gasteiger partial charge on any atom is 2.00 e. The summed E-state index contributed by atoms with van der Waals surface area (Å²) in [4.78, 5) is 18.6. The molecule has 0 fully saturated rings. The van der Waals surface area contributed by atoms with Gasteiger partial charge in [0.2, 0.25) is 0 Å². The van der Waals surface area contributed by atoms with Crippen LogP contribution in [0.2, 0.25) is 0 Å². The summed E-state index contributed by atoms with van der Waals surface area (Å²) in [7, 11) is 4.22. The van der Waals surface area contributed by atoms with Crippen molar-refractivity contribution in [3.05, 3.63) is 162 Å². The summed E-state index contributed by atoms with van der Waals surface area (Å²) in [5, 5.41) is 0. The largest absolute Gasteiger partial charge is 2.00 e. The number of nitrogens with zero attached hydrogens (tertiary/aromatic N) is 6. The summed E-state index contributed by atoms with van der Waals surface area (Å²) in [6, 6.07) is 42.4. The molecule has 0 amide bonds. The Morgan fingerprint density at radius 2 is 0.818 bits per heavy atom. The van der Waals surface area contributed by atoms with Gasteiger partial charge in [-0.3, -0.25) is 19.8 Å². The Morgan fingerprint density at radius 3 is 1.18 bits per heavy atom. The molecule has 0 atom stereocenters. The zero-order valence-electron chi connectivity index (χ0n) is 25.4. The molecule has 2 aliphatic heterocycles. The Balaban J connectivity index is 0.000000172. The predicted octanol–water partition coefficient (Wildman–Crippen LogP) is 6.88. The maximum absolute atomic E-state index is 4.74. The zero-order valence-corrected chi connectivity index (χ0v) is 26.3. The van der Waals surface area contributed by atoms with Crippen molar-refractivity contribution in [2.24, 2.45) is 0 Å². The van der Waals surface area contributed by atoms with Gasteiger partial charge in [-0.05, 0) is 61.6 Å². The van der Waals surface area contributed by atoms with Crippen molar-refractivity contribution >= 4 is 11.4 Å². The standard InChI is InChI=1S/C21H19N2.C16H20N4.Cu/c1-3-9-18(10-4-1)15-22-17-23(16-19-11-5-2-6-12-19)21-14-8-7-13-20(21)22;1-19-9-13-5-3-7-15(17-13)11-20(2)12-16-8-4-6-14(10-19)18-16;/h1-14,17H,15-16H2;3-8H,9-12H2,1-2H3;/q-1;;+2. The molecule has 6 nitrogen and oxygen atoms in total. The number of fused-ring (bicyclic) bond motifs is 5. The van der Waals surface area contributed by atoms with E-state index in [1.54, 1.807) is 0 Å². The molecule has 3 aromatic carbocycles. The van der Waals surface area contributed by atoms with Crippen LogP contribution >= 0.6 is 0 Å². The molecule has 2 aliphatic rings. The zero-order chi connectivity index (χ0) is 29.4. The van der Waals surface area contributed by atoms with Crippen LogP contribution in [0.3, 0.4) is 0 Å². The van der Waals surface area contributed by atoms with E-state index in [1.807, 2.05) is 0 Å². The van der Waals surface area contributed by atoms with Crippen LogP contribution in [-0.2, 0) is 56.3 Å². The molecule has 0 saturated heterocycles. The fourth-order valence-corrected chi connectivity index (χ4v) is 5.68. The minimum atomic E-state index is 0. The van der Waals surface area contributed by atoms with E-state index in [4.69, 9.17) is 9.97 Å². The molecule has 7 heteroatoms. The monoisotopic (exact) mass is 630 g/mol. The number of anilines is 2. The van der Waals surface area contributed by atoms with Crippen LogP contribution in [0.25, 0.3) is 0 Å². The Bertz CT molecular complexity index is 1450. The van der Waals surface area contributed by atoms with E-state index < -0.39 is 0 Å². The van der Waals surface area contributed by atoms with Crippen molar-refractivity contribution < 1.29 is 17.1 Å². The average Bonchev–Trinajstić information content (AvgIpc) is 3.35. The number of rotatable bonds is 4. The molecule has 227 valence electrons. The Hall–Kier alpha value is -4.00. The smallest absolute Gasteiger partial charge is 0.498 e. The van der Waals surface area contributed by atoms with Crippen molar-refractivity contribution in [1.82, 2.24) is 19.8 Å². The van der Waals surface area contributed by atoms with Gasteiger partial charge in [0.05, 0.1) is 22.8 Å². The average molecular weight is 631 g/mol. The van der Waals surface area contributed by atoms with Crippen LogP contribution in [0.15, 0.2) is 121 Å². The molecular formula is C37H39CuN6+. The molecule has 0 spiro atoms. The molecule has 0 saturated carbocycles. The van der Waals surface area contributed by atoms with Gasteiger partial charge in [-0.15, -0.1) is 0 Å². The van der Waals surface area contributed by atoms with Crippen LogP contribution in [0.5, 0.6) is 0 Å². The number of hydrogen-bond acceptors (Lipinski definition) is 6. The van der Waals surface area contributed by atoms with Crippen LogP contribution in [-0.4, -0.2) is 33.9 Å². The van der Waals surface area contributed by atoms with Crippen LogP contribution < -0.4 is 9.80 Å². The second-order valence-corrected chi connectivity index (χ2v) is 11.4. The molecule has 4 heterocycles. The van der Waals surface area contributed by atoms with Gasteiger partial charge in [-0.25, -0.2) is 0 Å². The molecule has 5 aromatic rings. The fourth-order valence-electron chi connectivity index (χ4n) is 5.68. The van der Waals surface area contributed by atoms with E-state index in [0.29, 0.717) is 0 Å². The number of pyridine rings is 2. The summed E-state index contributed by atoms with van der Waals surface area (Å²) in [5.41, 5.74) is 9.66. The first kappa shape index (κ1) is 31.4. The second kappa shape index (κ2) is 15.1. The number of para-hydroxylation sites is 2. The van der Waals surface area contributed by atoms with Crippen molar-refractivity contribution in [3.63, 3.8) is 0 Å². The third-order valence-corrected chi connectivity index (χ3v) is 7.63. The van der Waals surface area contributed by atoms with Crippen LogP contribution in [0.4, 0.5) is 11.4 Å². The van der Waals surface area contributed by atoms with Crippen LogP contribution in [0.1, 0.15) is 33.9 Å². The topological polar surface area (TPSA) is 38.7 Å². The van der Waals surface area contributed by atoms with Gasteiger partial charge in [0.15, 0.2) is 0 Å². The van der Waals surface area contributed by atoms with Crippen molar-refractivity contribution in [2.75, 3.05) is 23.9 Å². The van der Waals surface area contributed by atoms with Gasteiger partial charge in [0, 0.05) is 50.6 Å². The summed E-state index contributed by atoms with van der Waals surface area (Å²) < 4.78 is 0. The first-order valence-electron chi connectivity index (χ1n) is 14.9. The Labute approximate surface area is 272 Å². The third-order valence-electron chi connectivity index (χ3n) is 7.63. The summed E-state index contributed by atoms with van der Waals surface area (Å²) in [6.07, 6.45) is 0. The van der Waals surface area contributed by atoms with E-state index >= 15 is 0 Å². The van der Waals surface area contributed by atoms with Crippen molar-refractivity contribution in [1.29, 1.82) is 0 Å². The van der Waals surface area contributed by atoms with Gasteiger partial charge in [0.25, 0.3) is 0 Å². The third kappa shape index (κ3) is 8.34. The van der Waals surface area contributed by atoms with Crippen LogP contribution in [0, 0.1) is 6.67 Å². The fraction of sp³-hybridized carbons (Fsp3) is 0.216. The van der Waals surface area contributed by atoms with E-state index in [0.717, 1.165) is 62.0 Å². The summed E-state index contributed by atoms with van der Waals surface area (Å²) in [5.74, 6) is 0. The molecule has 44 heavy (non-hydrogen) atoms. The van der Waals surface area contributed by atoms with E-state index in [-0.39, 0.29) is 17.1 Å². The maximum atomic E-state index is 4.74. The molecule has 4 bridgehead atoms. The first-order valence-corrected chi connectivity index (χ1v) is 14.9. The van der Waals surface area contributed by atoms with E-state index in [2.05, 4.69) is 162 Å². The van der Waals surface area contributed by atoms with Gasteiger partial charge >= 0.3 is 17.1 Å². The second-order valence-electron chi connectivity index (χ2n) is 11.4. The van der Waals surface area contributed by atoms with E-state index in [1.165, 1.54) is 22.5 Å². The normalized spacial score (nSPS) is 14.8. The van der Waals surface area contributed by atoms with Gasteiger partial charge < -0.3 is 9.80 Å². The van der Waals surface area contributed by atoms with Gasteiger partial charge in [0.1, 0.15) is 0 Å². The Kier molecular flexibility index (Phi) is 10.8. The molecule has 0 aliphatic carbocycles. The van der Waals surface area contributed by atoms with Crippen molar-refractivity contribution in [3.8, 4) is 0 Å². The summed E-state index contributed by atoms with van der Waals surface area (Å²) >= 11 is 0. The van der Waals surface area contributed by atoms with Crippen molar-refractivity contribution in [2.45, 2.75) is 39.3 Å². The minimum absolute atomic E-state index is 0. The molecular weight excluding hydrogens is 592 g/mol. The molecule has 0 unspecified atom stereocenters. The SMILES string of the molecule is CN1Cc2cccc(n2)CN(C)Cc2cccc(n2)C1.[Cu+2].c1ccc(CN2[CH-]N(Cc3ccccc3)c3ccccc32)cc1. The van der Waals surface area contributed by atoms with E-state index in [9.17, 15) is 0 Å². The molecule has 1 radical (unpaired) electrons. The van der Waals surface area contributed by atoms with Gasteiger partial charge in [-0.1, -0.05) is 84.9 Å². The molecule has 2 aromatic heterocycles. The Morgan fingerprint density at radius 1 is 0.477 bits per heavy atom.